The van der Waals surface area contributed by atoms with Gasteiger partial charge in [-0.05, 0) is 55.3 Å². The van der Waals surface area contributed by atoms with E-state index in [9.17, 15) is 5.11 Å². The minimum absolute atomic E-state index is 0.00535. The topological polar surface area (TPSA) is 61.7 Å². The van der Waals surface area contributed by atoms with Crippen molar-refractivity contribution in [3.63, 3.8) is 0 Å². The zero-order valence-electron chi connectivity index (χ0n) is 17.6. The molecule has 4 heteroatoms. The third-order valence-electron chi connectivity index (χ3n) is 5.10. The van der Waals surface area contributed by atoms with Crippen LogP contribution in [0.3, 0.4) is 0 Å². The molecule has 0 spiro atoms. The molecule has 4 nitrogen and oxygen atoms in total. The highest BCUT2D eigenvalue weighted by Gasteiger charge is 2.07. The first-order valence-electron chi connectivity index (χ1n) is 11.0. The molecule has 0 saturated heterocycles. The van der Waals surface area contributed by atoms with Crippen molar-refractivity contribution in [2.24, 2.45) is 0 Å². The number of aliphatic hydroxyl groups excluding tert-OH is 2. The van der Waals surface area contributed by atoms with E-state index in [1.165, 1.54) is 24.8 Å². The van der Waals surface area contributed by atoms with Crippen LogP contribution in [0, 0.1) is 0 Å². The van der Waals surface area contributed by atoms with E-state index in [2.05, 4.69) is 35.6 Å². The van der Waals surface area contributed by atoms with Crippen molar-refractivity contribution in [3.05, 3.63) is 71.3 Å². The summed E-state index contributed by atoms with van der Waals surface area (Å²) in [6.07, 6.45) is 7.52. The smallest absolute Gasteiger partial charge is 0.0914 e. The van der Waals surface area contributed by atoms with Crippen LogP contribution in [0.1, 0.15) is 61.3 Å². The summed E-state index contributed by atoms with van der Waals surface area (Å²) in [4.78, 5) is 0. The Morgan fingerprint density at radius 1 is 0.793 bits per heavy atom. The number of ether oxygens (including phenoxy) is 1. The molecule has 0 bridgehead atoms. The SMILES string of the molecule is OCc1cccc(C(O)CNCCCCCCOCCCCc2ccccc2)c1. The summed E-state index contributed by atoms with van der Waals surface area (Å²) in [7, 11) is 0. The molecule has 2 aromatic rings. The highest BCUT2D eigenvalue weighted by atomic mass is 16.5. The first-order chi connectivity index (χ1) is 14.3. The van der Waals surface area contributed by atoms with Crippen molar-refractivity contribution in [2.45, 2.75) is 57.7 Å². The molecule has 2 aromatic carbocycles. The van der Waals surface area contributed by atoms with Gasteiger partial charge in [0.05, 0.1) is 12.7 Å². The number of hydrogen-bond donors (Lipinski definition) is 3. The van der Waals surface area contributed by atoms with Crippen LogP contribution in [0.25, 0.3) is 0 Å². The van der Waals surface area contributed by atoms with Crippen LogP contribution < -0.4 is 5.32 Å². The van der Waals surface area contributed by atoms with E-state index in [0.717, 1.165) is 56.6 Å². The van der Waals surface area contributed by atoms with Gasteiger partial charge in [-0.3, -0.25) is 0 Å². The van der Waals surface area contributed by atoms with Gasteiger partial charge in [0, 0.05) is 19.8 Å². The Hall–Kier alpha value is -1.72. The number of hydrogen-bond acceptors (Lipinski definition) is 4. The molecule has 160 valence electrons. The Balaban J connectivity index is 1.36. The second-order valence-electron chi connectivity index (χ2n) is 7.59. The van der Waals surface area contributed by atoms with Crippen LogP contribution in [-0.4, -0.2) is 36.5 Å². The lowest BCUT2D eigenvalue weighted by Crippen LogP contribution is -2.22. The lowest BCUT2D eigenvalue weighted by atomic mass is 10.1. The van der Waals surface area contributed by atoms with E-state index >= 15 is 0 Å². The van der Waals surface area contributed by atoms with Gasteiger partial charge in [0.15, 0.2) is 0 Å². The number of rotatable bonds is 16. The quantitative estimate of drug-likeness (QED) is 0.366. The van der Waals surface area contributed by atoms with Gasteiger partial charge >= 0.3 is 0 Å². The van der Waals surface area contributed by atoms with Crippen LogP contribution in [-0.2, 0) is 17.8 Å². The number of nitrogens with one attached hydrogen (secondary N) is 1. The number of unbranched alkanes of at least 4 members (excludes halogenated alkanes) is 4. The van der Waals surface area contributed by atoms with Crippen molar-refractivity contribution in [3.8, 4) is 0 Å². The minimum Gasteiger partial charge on any atom is -0.392 e. The maximum atomic E-state index is 10.2. The molecule has 0 aromatic heterocycles. The van der Waals surface area contributed by atoms with E-state index in [1.54, 1.807) is 0 Å². The second-order valence-corrected chi connectivity index (χ2v) is 7.59. The molecule has 0 heterocycles. The van der Waals surface area contributed by atoms with Crippen molar-refractivity contribution in [1.82, 2.24) is 5.32 Å². The average Bonchev–Trinajstić information content (AvgIpc) is 2.77. The molecule has 0 aliphatic heterocycles. The number of aryl methyl sites for hydroxylation is 1. The molecular formula is C25H37NO3. The van der Waals surface area contributed by atoms with E-state index < -0.39 is 6.10 Å². The lowest BCUT2D eigenvalue weighted by molar-refractivity contribution is 0.126. The second kappa shape index (κ2) is 15.2. The predicted molar refractivity (Wildman–Crippen MR) is 119 cm³/mol. The molecule has 0 aliphatic carbocycles. The third-order valence-corrected chi connectivity index (χ3v) is 5.10. The van der Waals surface area contributed by atoms with Gasteiger partial charge in [0.2, 0.25) is 0 Å². The summed E-state index contributed by atoms with van der Waals surface area (Å²) in [5.41, 5.74) is 3.09. The molecule has 3 N–H and O–H groups in total. The van der Waals surface area contributed by atoms with Gasteiger partial charge in [0.1, 0.15) is 0 Å². The molecule has 0 saturated carbocycles. The van der Waals surface area contributed by atoms with E-state index in [4.69, 9.17) is 9.84 Å². The Bertz CT molecular complexity index is 648. The Morgan fingerprint density at radius 3 is 2.31 bits per heavy atom. The third kappa shape index (κ3) is 10.6. The molecule has 29 heavy (non-hydrogen) atoms. The molecule has 0 aliphatic rings. The molecule has 1 unspecified atom stereocenters. The van der Waals surface area contributed by atoms with E-state index in [-0.39, 0.29) is 6.61 Å². The van der Waals surface area contributed by atoms with Crippen LogP contribution in [0.5, 0.6) is 0 Å². The lowest BCUT2D eigenvalue weighted by Gasteiger charge is -2.13. The fraction of sp³-hybridized carbons (Fsp3) is 0.520. The van der Waals surface area contributed by atoms with Gasteiger partial charge in [-0.1, -0.05) is 67.4 Å². The first-order valence-corrected chi connectivity index (χ1v) is 11.0. The Morgan fingerprint density at radius 2 is 1.52 bits per heavy atom. The summed E-state index contributed by atoms with van der Waals surface area (Å²) < 4.78 is 5.73. The van der Waals surface area contributed by atoms with E-state index in [0.29, 0.717) is 6.54 Å². The van der Waals surface area contributed by atoms with Crippen molar-refractivity contribution < 1.29 is 14.9 Å². The maximum Gasteiger partial charge on any atom is 0.0914 e. The predicted octanol–water partition coefficient (Wildman–Crippen LogP) is 4.40. The van der Waals surface area contributed by atoms with E-state index in [1.807, 2.05) is 24.3 Å². The highest BCUT2D eigenvalue weighted by molar-refractivity contribution is 5.24. The maximum absolute atomic E-state index is 10.2. The summed E-state index contributed by atoms with van der Waals surface area (Å²) >= 11 is 0. The van der Waals surface area contributed by atoms with Crippen LogP contribution in [0.15, 0.2) is 54.6 Å². The highest BCUT2D eigenvalue weighted by Crippen LogP contribution is 2.14. The van der Waals surface area contributed by atoms with Crippen LogP contribution >= 0.6 is 0 Å². The van der Waals surface area contributed by atoms with Gasteiger partial charge < -0.3 is 20.3 Å². The molecule has 0 radical (unpaired) electrons. The van der Waals surface area contributed by atoms with Crippen molar-refractivity contribution >= 4 is 0 Å². The van der Waals surface area contributed by atoms with Crippen molar-refractivity contribution in [1.29, 1.82) is 0 Å². The standard InChI is InChI=1S/C25H37NO3/c27-21-23-14-10-15-24(19-23)25(28)20-26-16-7-1-2-8-17-29-18-9-6-13-22-11-4-3-5-12-22/h3-5,10-12,14-15,19,25-28H,1-2,6-9,13,16-18,20-21H2. The molecule has 2 rings (SSSR count). The van der Waals surface area contributed by atoms with Crippen molar-refractivity contribution in [2.75, 3.05) is 26.3 Å². The number of aliphatic hydroxyl groups is 2. The van der Waals surface area contributed by atoms with Crippen LogP contribution in [0.4, 0.5) is 0 Å². The molecular weight excluding hydrogens is 362 g/mol. The molecule has 0 amide bonds. The summed E-state index contributed by atoms with van der Waals surface area (Å²) in [6, 6.07) is 18.1. The van der Waals surface area contributed by atoms with Gasteiger partial charge in [-0.25, -0.2) is 0 Å². The average molecular weight is 400 g/mol. The fourth-order valence-electron chi connectivity index (χ4n) is 3.34. The van der Waals surface area contributed by atoms with Gasteiger partial charge in [-0.2, -0.15) is 0 Å². The zero-order valence-corrected chi connectivity index (χ0v) is 17.6. The monoisotopic (exact) mass is 399 g/mol. The molecule has 0 fully saturated rings. The molecule has 1 atom stereocenters. The normalized spacial score (nSPS) is 12.2. The van der Waals surface area contributed by atoms with Gasteiger partial charge in [-0.15, -0.1) is 0 Å². The fourth-order valence-corrected chi connectivity index (χ4v) is 3.34. The summed E-state index contributed by atoms with van der Waals surface area (Å²) in [5.74, 6) is 0. The van der Waals surface area contributed by atoms with Crippen LogP contribution in [0.2, 0.25) is 0 Å². The summed E-state index contributed by atoms with van der Waals surface area (Å²) in [5, 5.41) is 22.7. The Kier molecular flexibility index (Phi) is 12.3. The number of benzene rings is 2. The zero-order chi connectivity index (χ0) is 20.6. The summed E-state index contributed by atoms with van der Waals surface area (Å²) in [6.45, 7) is 3.19. The largest absolute Gasteiger partial charge is 0.392 e. The minimum atomic E-state index is -0.531. The Labute approximate surface area is 175 Å². The first kappa shape index (κ1) is 23.6. The van der Waals surface area contributed by atoms with Gasteiger partial charge in [0.25, 0.3) is 0 Å².